The predicted molar refractivity (Wildman–Crippen MR) is 91.2 cm³/mol. The van der Waals surface area contributed by atoms with Crippen LogP contribution in [0.1, 0.15) is 36.3 Å². The van der Waals surface area contributed by atoms with E-state index in [1.165, 1.54) is 0 Å². The standard InChI is InChI=1S/C14H18ClN3OS2/c1-16-14(20-2)18-5-3-4-11(18)10-7-12(19-17-10)9-6-13(15)21-8-9/h6-7,9,11H,3-5,8H2,1-2H3/t9?,11-/m1/s1. The highest BCUT2D eigenvalue weighted by Gasteiger charge is 2.31. The maximum atomic E-state index is 6.03. The summed E-state index contributed by atoms with van der Waals surface area (Å²) in [5, 5.41) is 5.38. The summed E-state index contributed by atoms with van der Waals surface area (Å²) >= 11 is 9.37. The van der Waals surface area contributed by atoms with Gasteiger partial charge in [0.25, 0.3) is 0 Å². The van der Waals surface area contributed by atoms with E-state index >= 15 is 0 Å². The van der Waals surface area contributed by atoms with Crippen LogP contribution in [0.2, 0.25) is 0 Å². The molecule has 1 unspecified atom stereocenters. The molecule has 0 aliphatic carbocycles. The lowest BCUT2D eigenvalue weighted by atomic mass is 10.1. The van der Waals surface area contributed by atoms with Gasteiger partial charge in [-0.1, -0.05) is 28.5 Å². The molecule has 0 aromatic carbocycles. The number of hydrogen-bond donors (Lipinski definition) is 0. The van der Waals surface area contributed by atoms with E-state index in [2.05, 4.69) is 27.4 Å². The first kappa shape index (κ1) is 15.3. The Morgan fingerprint density at radius 1 is 1.62 bits per heavy atom. The second-order valence-electron chi connectivity index (χ2n) is 5.10. The van der Waals surface area contributed by atoms with Crippen molar-refractivity contribution in [3.63, 3.8) is 0 Å². The third-order valence-corrected chi connectivity index (χ3v) is 6.03. The number of nitrogens with zero attached hydrogens (tertiary/aromatic N) is 3. The fraction of sp³-hybridized carbons (Fsp3) is 0.571. The molecular weight excluding hydrogens is 326 g/mol. The van der Waals surface area contributed by atoms with Crippen molar-refractivity contribution in [1.82, 2.24) is 10.1 Å². The lowest BCUT2D eigenvalue weighted by Crippen LogP contribution is -2.28. The molecule has 4 nitrogen and oxygen atoms in total. The number of hydrogen-bond acceptors (Lipinski definition) is 5. The van der Waals surface area contributed by atoms with Crippen LogP contribution in [0.15, 0.2) is 26.0 Å². The van der Waals surface area contributed by atoms with Gasteiger partial charge in [0.05, 0.1) is 10.4 Å². The molecular formula is C14H18ClN3OS2. The average Bonchev–Trinajstić information content (AvgIpc) is 3.18. The molecule has 0 bridgehead atoms. The van der Waals surface area contributed by atoms with E-state index in [1.54, 1.807) is 23.5 Å². The fourth-order valence-electron chi connectivity index (χ4n) is 2.86. The van der Waals surface area contributed by atoms with Crippen molar-refractivity contribution in [2.24, 2.45) is 4.99 Å². The number of rotatable bonds is 2. The predicted octanol–water partition coefficient (Wildman–Crippen LogP) is 4.07. The maximum Gasteiger partial charge on any atom is 0.159 e. The fourth-order valence-corrected chi connectivity index (χ4v) is 4.70. The van der Waals surface area contributed by atoms with Crippen LogP contribution >= 0.6 is 35.1 Å². The molecule has 1 fully saturated rings. The van der Waals surface area contributed by atoms with Gasteiger partial charge < -0.3 is 9.42 Å². The third kappa shape index (κ3) is 3.12. The van der Waals surface area contributed by atoms with Crippen LogP contribution in [-0.4, -0.2) is 40.8 Å². The minimum Gasteiger partial charge on any atom is -0.360 e. The molecule has 3 rings (SSSR count). The number of allylic oxidation sites excluding steroid dienone is 1. The quantitative estimate of drug-likeness (QED) is 0.598. The topological polar surface area (TPSA) is 41.6 Å². The SMILES string of the molecule is CN=C(SC)N1CCC[C@@H]1c1cc(C2C=C(Cl)SC2)on1. The van der Waals surface area contributed by atoms with Crippen LogP contribution in [-0.2, 0) is 0 Å². The molecule has 0 saturated carbocycles. The van der Waals surface area contributed by atoms with Gasteiger partial charge in [0.15, 0.2) is 5.17 Å². The summed E-state index contributed by atoms with van der Waals surface area (Å²) in [7, 11) is 1.85. The van der Waals surface area contributed by atoms with E-state index in [1.807, 2.05) is 13.1 Å². The van der Waals surface area contributed by atoms with E-state index in [0.29, 0.717) is 0 Å². The van der Waals surface area contributed by atoms with Crippen molar-refractivity contribution in [3.8, 4) is 0 Å². The zero-order valence-electron chi connectivity index (χ0n) is 12.1. The second kappa shape index (κ2) is 6.67. The number of likely N-dealkylation sites (tertiary alicyclic amines) is 1. The van der Waals surface area contributed by atoms with Crippen LogP contribution in [0.25, 0.3) is 0 Å². The smallest absolute Gasteiger partial charge is 0.159 e. The van der Waals surface area contributed by atoms with Crippen molar-refractivity contribution < 1.29 is 4.52 Å². The molecule has 2 atom stereocenters. The Kier molecular flexibility index (Phi) is 4.86. The molecule has 3 heterocycles. The number of halogens is 1. The lowest BCUT2D eigenvalue weighted by molar-refractivity contribution is 0.342. The van der Waals surface area contributed by atoms with Crippen LogP contribution in [0.4, 0.5) is 0 Å². The number of aromatic nitrogens is 1. The van der Waals surface area contributed by atoms with Gasteiger partial charge in [0.1, 0.15) is 11.5 Å². The summed E-state index contributed by atoms with van der Waals surface area (Å²) in [6, 6.07) is 2.37. The van der Waals surface area contributed by atoms with Gasteiger partial charge >= 0.3 is 0 Å². The highest BCUT2D eigenvalue weighted by molar-refractivity contribution is 8.13. The highest BCUT2D eigenvalue weighted by atomic mass is 35.5. The molecule has 21 heavy (non-hydrogen) atoms. The van der Waals surface area contributed by atoms with Crippen molar-refractivity contribution in [3.05, 3.63) is 28.0 Å². The molecule has 0 spiro atoms. The Hall–Kier alpha value is -0.590. The zero-order valence-corrected chi connectivity index (χ0v) is 14.5. The minimum absolute atomic E-state index is 0.249. The van der Waals surface area contributed by atoms with E-state index < -0.39 is 0 Å². The summed E-state index contributed by atoms with van der Waals surface area (Å²) in [6.07, 6.45) is 6.37. The highest BCUT2D eigenvalue weighted by Crippen LogP contribution is 2.39. The first-order valence-corrected chi connectivity index (χ1v) is 9.55. The van der Waals surface area contributed by atoms with E-state index in [0.717, 1.165) is 46.1 Å². The first-order valence-electron chi connectivity index (χ1n) is 6.97. The average molecular weight is 344 g/mol. The Morgan fingerprint density at radius 2 is 2.48 bits per heavy atom. The van der Waals surface area contributed by atoms with Crippen molar-refractivity contribution in [1.29, 1.82) is 0 Å². The molecule has 1 aromatic rings. The largest absolute Gasteiger partial charge is 0.360 e. The molecule has 0 radical (unpaired) electrons. The second-order valence-corrected chi connectivity index (χ2v) is 7.57. The van der Waals surface area contributed by atoms with Gasteiger partial charge in [-0.2, -0.15) is 0 Å². The van der Waals surface area contributed by atoms with Gasteiger partial charge in [-0.25, -0.2) is 0 Å². The van der Waals surface area contributed by atoms with Crippen LogP contribution < -0.4 is 0 Å². The number of amidine groups is 1. The van der Waals surface area contributed by atoms with E-state index in [9.17, 15) is 0 Å². The zero-order chi connectivity index (χ0) is 14.8. The summed E-state index contributed by atoms with van der Waals surface area (Å²) in [5.41, 5.74) is 1.01. The minimum atomic E-state index is 0.249. The molecule has 0 N–H and O–H groups in total. The Bertz CT molecular complexity index is 572. The summed E-state index contributed by atoms with van der Waals surface area (Å²) in [4.78, 5) is 6.71. The lowest BCUT2D eigenvalue weighted by Gasteiger charge is -2.24. The third-order valence-electron chi connectivity index (χ3n) is 3.86. The Morgan fingerprint density at radius 3 is 3.14 bits per heavy atom. The Balaban J connectivity index is 1.79. The van der Waals surface area contributed by atoms with Gasteiger partial charge in [-0.15, -0.1) is 11.8 Å². The van der Waals surface area contributed by atoms with E-state index in [-0.39, 0.29) is 12.0 Å². The maximum absolute atomic E-state index is 6.03. The number of thioether (sulfide) groups is 2. The molecule has 1 saturated heterocycles. The normalized spacial score (nSPS) is 26.5. The molecule has 7 heteroatoms. The summed E-state index contributed by atoms with van der Waals surface area (Å²) in [5.74, 6) is 2.10. The van der Waals surface area contributed by atoms with E-state index in [4.69, 9.17) is 16.1 Å². The molecule has 2 aliphatic rings. The molecule has 2 aliphatic heterocycles. The van der Waals surface area contributed by atoms with Crippen molar-refractivity contribution in [2.75, 3.05) is 25.6 Å². The monoisotopic (exact) mass is 343 g/mol. The molecule has 1 aromatic heterocycles. The van der Waals surface area contributed by atoms with Gasteiger partial charge in [-0.05, 0) is 25.2 Å². The van der Waals surface area contributed by atoms with Gasteiger partial charge in [0.2, 0.25) is 0 Å². The van der Waals surface area contributed by atoms with Crippen LogP contribution in [0.5, 0.6) is 0 Å². The van der Waals surface area contributed by atoms with Crippen molar-refractivity contribution >= 4 is 40.3 Å². The summed E-state index contributed by atoms with van der Waals surface area (Å²) in [6.45, 7) is 1.03. The van der Waals surface area contributed by atoms with Crippen molar-refractivity contribution in [2.45, 2.75) is 24.8 Å². The molecule has 0 amide bonds. The number of aliphatic imine (C=N–C) groups is 1. The van der Waals surface area contributed by atoms with Crippen LogP contribution in [0.3, 0.4) is 0 Å². The Labute approximate surface area is 138 Å². The van der Waals surface area contributed by atoms with Gasteiger partial charge in [0, 0.05) is 31.3 Å². The van der Waals surface area contributed by atoms with Crippen LogP contribution in [0, 0.1) is 0 Å². The first-order chi connectivity index (χ1) is 10.2. The summed E-state index contributed by atoms with van der Waals surface area (Å²) < 4.78 is 6.41. The van der Waals surface area contributed by atoms with Gasteiger partial charge in [-0.3, -0.25) is 4.99 Å². The molecule has 114 valence electrons.